The van der Waals surface area contributed by atoms with Gasteiger partial charge in [0.25, 0.3) is 0 Å². The molecule has 0 saturated heterocycles. The molecule has 0 radical (unpaired) electrons. The van der Waals surface area contributed by atoms with Crippen LogP contribution in [0.15, 0.2) is 66.3 Å². The highest BCUT2D eigenvalue weighted by Gasteiger charge is 2.32. The number of rotatable bonds is 9. The van der Waals surface area contributed by atoms with Crippen molar-refractivity contribution in [3.63, 3.8) is 0 Å². The highest BCUT2D eigenvalue weighted by molar-refractivity contribution is 7.99. The lowest BCUT2D eigenvalue weighted by Crippen LogP contribution is -2.34. The molecule has 160 valence electrons. The van der Waals surface area contributed by atoms with E-state index in [-0.39, 0.29) is 5.91 Å². The molecule has 0 bridgehead atoms. The van der Waals surface area contributed by atoms with E-state index in [1.165, 1.54) is 28.5 Å². The number of hydrogen-bond donors (Lipinski definition) is 0. The van der Waals surface area contributed by atoms with E-state index in [4.69, 9.17) is 0 Å². The highest BCUT2D eigenvalue weighted by Crippen LogP contribution is 2.30. The summed E-state index contributed by atoms with van der Waals surface area (Å²) in [6, 6.07) is 17.0. The van der Waals surface area contributed by atoms with Gasteiger partial charge in [-0.05, 0) is 38.3 Å². The smallest absolute Gasteiger partial charge is 0.233 e. The van der Waals surface area contributed by atoms with E-state index < -0.39 is 0 Å². The molecule has 2 aromatic carbocycles. The molecule has 3 aromatic rings. The van der Waals surface area contributed by atoms with Crippen LogP contribution in [0.5, 0.6) is 0 Å². The summed E-state index contributed by atoms with van der Waals surface area (Å²) in [5, 5.41) is 9.54. The minimum atomic E-state index is 0.151. The van der Waals surface area contributed by atoms with Crippen molar-refractivity contribution >= 4 is 17.7 Å². The van der Waals surface area contributed by atoms with Crippen molar-refractivity contribution in [2.75, 3.05) is 5.75 Å². The zero-order valence-electron chi connectivity index (χ0n) is 18.1. The first-order valence-corrected chi connectivity index (χ1v) is 11.6. The Morgan fingerprint density at radius 2 is 1.94 bits per heavy atom. The fraction of sp³-hybridized carbons (Fsp3) is 0.320. The predicted octanol–water partition coefficient (Wildman–Crippen LogP) is 5.03. The average Bonchev–Trinajstić information content (AvgIpc) is 3.53. The van der Waals surface area contributed by atoms with E-state index in [9.17, 15) is 4.79 Å². The highest BCUT2D eigenvalue weighted by atomic mass is 32.2. The summed E-state index contributed by atoms with van der Waals surface area (Å²) in [5.74, 6) is 1.31. The van der Waals surface area contributed by atoms with E-state index >= 15 is 0 Å². The summed E-state index contributed by atoms with van der Waals surface area (Å²) in [4.78, 5) is 15.1. The van der Waals surface area contributed by atoms with Crippen molar-refractivity contribution < 1.29 is 4.79 Å². The number of hydrogen-bond acceptors (Lipinski definition) is 4. The van der Waals surface area contributed by atoms with E-state index in [1.807, 2.05) is 27.7 Å². The molecule has 0 N–H and O–H groups in total. The number of thioether (sulfide) groups is 1. The van der Waals surface area contributed by atoms with Gasteiger partial charge in [-0.3, -0.25) is 9.36 Å². The summed E-state index contributed by atoms with van der Waals surface area (Å²) in [6.45, 7) is 9.28. The van der Waals surface area contributed by atoms with Crippen LogP contribution in [0.3, 0.4) is 0 Å². The Balaban J connectivity index is 1.48. The van der Waals surface area contributed by atoms with Gasteiger partial charge in [0.1, 0.15) is 0 Å². The third-order valence-corrected chi connectivity index (χ3v) is 6.36. The summed E-state index contributed by atoms with van der Waals surface area (Å²) >= 11 is 1.45. The molecule has 1 aliphatic carbocycles. The predicted molar refractivity (Wildman–Crippen MR) is 126 cm³/mol. The van der Waals surface area contributed by atoms with Crippen molar-refractivity contribution in [3.8, 4) is 11.4 Å². The first-order chi connectivity index (χ1) is 15.0. The van der Waals surface area contributed by atoms with Crippen molar-refractivity contribution in [3.05, 3.63) is 77.9 Å². The normalized spacial score (nSPS) is 13.2. The van der Waals surface area contributed by atoms with Gasteiger partial charge >= 0.3 is 0 Å². The lowest BCUT2D eigenvalue weighted by atomic mass is 10.1. The average molecular weight is 433 g/mol. The lowest BCUT2D eigenvalue weighted by molar-refractivity contribution is -0.129. The first kappa shape index (κ1) is 21.4. The van der Waals surface area contributed by atoms with Crippen molar-refractivity contribution in [1.29, 1.82) is 0 Å². The molecule has 1 aliphatic rings. The van der Waals surface area contributed by atoms with Crippen LogP contribution in [-0.4, -0.2) is 37.4 Å². The molecule has 1 heterocycles. The number of allylic oxidation sites excluding steroid dienone is 1. The number of carbonyl (C=O) groups is 1. The molecule has 1 fully saturated rings. The number of aryl methyl sites for hydroxylation is 2. The van der Waals surface area contributed by atoms with E-state index in [0.717, 1.165) is 29.4 Å². The largest absolute Gasteiger partial charge is 0.335 e. The molecule has 0 aliphatic heterocycles. The van der Waals surface area contributed by atoms with Gasteiger partial charge in [-0.1, -0.05) is 71.4 Å². The molecular weight excluding hydrogens is 404 g/mol. The molecule has 31 heavy (non-hydrogen) atoms. The number of aromatic nitrogens is 3. The third-order valence-electron chi connectivity index (χ3n) is 5.41. The zero-order valence-corrected chi connectivity index (χ0v) is 18.9. The summed E-state index contributed by atoms with van der Waals surface area (Å²) in [5.41, 5.74) is 4.60. The Hall–Kier alpha value is -2.86. The Kier molecular flexibility index (Phi) is 6.56. The van der Waals surface area contributed by atoms with Gasteiger partial charge < -0.3 is 4.90 Å². The Labute approximate surface area is 188 Å². The van der Waals surface area contributed by atoms with E-state index in [1.54, 1.807) is 0 Å². The maximum atomic E-state index is 13.1. The van der Waals surface area contributed by atoms with Crippen LogP contribution in [0.1, 0.15) is 29.5 Å². The third kappa shape index (κ3) is 5.25. The number of carbonyl (C=O) groups excluding carboxylic acids is 1. The monoisotopic (exact) mass is 432 g/mol. The van der Waals surface area contributed by atoms with Crippen molar-refractivity contribution in [2.45, 2.75) is 51.0 Å². The van der Waals surface area contributed by atoms with Gasteiger partial charge in [-0.25, -0.2) is 0 Å². The van der Waals surface area contributed by atoms with Gasteiger partial charge in [-0.15, -0.1) is 16.8 Å². The second kappa shape index (κ2) is 9.52. The first-order valence-electron chi connectivity index (χ1n) is 10.6. The molecule has 5 nitrogen and oxygen atoms in total. The molecule has 1 saturated carbocycles. The van der Waals surface area contributed by atoms with Crippen molar-refractivity contribution in [1.82, 2.24) is 19.7 Å². The van der Waals surface area contributed by atoms with Gasteiger partial charge in [0.2, 0.25) is 5.91 Å². The van der Waals surface area contributed by atoms with Crippen LogP contribution in [0.4, 0.5) is 0 Å². The van der Waals surface area contributed by atoms with Crippen LogP contribution in [0, 0.1) is 13.8 Å². The van der Waals surface area contributed by atoms with Crippen molar-refractivity contribution in [2.24, 2.45) is 0 Å². The summed E-state index contributed by atoms with van der Waals surface area (Å²) < 4.78 is 2.03. The Morgan fingerprint density at radius 1 is 1.16 bits per heavy atom. The number of nitrogens with zero attached hydrogens (tertiary/aromatic N) is 4. The van der Waals surface area contributed by atoms with Gasteiger partial charge in [0.15, 0.2) is 11.0 Å². The molecular formula is C25H28N4OS. The van der Waals surface area contributed by atoms with Gasteiger partial charge in [0, 0.05) is 24.7 Å². The fourth-order valence-corrected chi connectivity index (χ4v) is 4.43. The summed E-state index contributed by atoms with van der Waals surface area (Å²) in [6.07, 6.45) is 4.02. The molecule has 1 aromatic heterocycles. The standard InChI is InChI=1S/C25H28N4OS/c1-4-14-28-24(21-7-5-6-19(3)15-21)26-27-25(28)31-17-23(30)29(22-12-13-22)16-20-10-8-18(2)9-11-20/h4-11,15,22H,1,12-14,16-17H2,2-3H3. The van der Waals surface area contributed by atoms with E-state index in [0.29, 0.717) is 24.9 Å². The summed E-state index contributed by atoms with van der Waals surface area (Å²) in [7, 11) is 0. The minimum absolute atomic E-state index is 0.151. The second-order valence-corrected chi connectivity index (χ2v) is 9.04. The lowest BCUT2D eigenvalue weighted by Gasteiger charge is -2.22. The Morgan fingerprint density at radius 3 is 2.61 bits per heavy atom. The molecule has 0 spiro atoms. The topological polar surface area (TPSA) is 51.0 Å². The minimum Gasteiger partial charge on any atom is -0.335 e. The number of amides is 1. The molecule has 4 rings (SSSR count). The molecule has 0 unspecified atom stereocenters. The van der Waals surface area contributed by atoms with Gasteiger partial charge in [-0.2, -0.15) is 0 Å². The number of benzene rings is 2. The van der Waals surface area contributed by atoms with Crippen LogP contribution in [-0.2, 0) is 17.9 Å². The quantitative estimate of drug-likeness (QED) is 0.351. The van der Waals surface area contributed by atoms with Crippen LogP contribution < -0.4 is 0 Å². The van der Waals surface area contributed by atoms with Gasteiger partial charge in [0.05, 0.1) is 5.75 Å². The van der Waals surface area contributed by atoms with E-state index in [2.05, 4.69) is 67.0 Å². The molecule has 1 amide bonds. The molecule has 0 atom stereocenters. The molecule has 6 heteroatoms. The fourth-order valence-electron chi connectivity index (χ4n) is 3.59. The Bertz CT molecular complexity index is 1070. The maximum Gasteiger partial charge on any atom is 0.233 e. The zero-order chi connectivity index (χ0) is 21.8. The maximum absolute atomic E-state index is 13.1. The SMILES string of the molecule is C=CCn1c(SCC(=O)N(Cc2ccc(C)cc2)C2CC2)nnc1-c1cccc(C)c1. The van der Waals surface area contributed by atoms with Crippen LogP contribution in [0.25, 0.3) is 11.4 Å². The van der Waals surface area contributed by atoms with Crippen LogP contribution in [0.2, 0.25) is 0 Å². The van der Waals surface area contributed by atoms with Crippen LogP contribution >= 0.6 is 11.8 Å². The second-order valence-electron chi connectivity index (χ2n) is 8.10.